The van der Waals surface area contributed by atoms with Crippen molar-refractivity contribution < 1.29 is 9.32 Å². The van der Waals surface area contributed by atoms with E-state index in [1.807, 2.05) is 13.0 Å². The third-order valence-corrected chi connectivity index (χ3v) is 6.20. The monoisotopic (exact) mass is 360 g/mol. The minimum atomic E-state index is 0.234. The second kappa shape index (κ2) is 7.23. The SMILES string of the molecule is Cc1cc(-c2snnc2C2CCCN(C(=O)C3CCCCC3)C2)on1. The highest BCUT2D eigenvalue weighted by Gasteiger charge is 2.32. The van der Waals surface area contributed by atoms with Gasteiger partial charge >= 0.3 is 0 Å². The van der Waals surface area contributed by atoms with Gasteiger partial charge in [0.25, 0.3) is 0 Å². The number of nitrogens with zero attached hydrogens (tertiary/aromatic N) is 4. The zero-order valence-corrected chi connectivity index (χ0v) is 15.4. The second-order valence-electron chi connectivity index (χ2n) is 7.28. The molecule has 3 heterocycles. The van der Waals surface area contributed by atoms with Gasteiger partial charge in [-0.3, -0.25) is 4.79 Å². The summed E-state index contributed by atoms with van der Waals surface area (Å²) in [5, 5.41) is 8.35. The number of hydrogen-bond acceptors (Lipinski definition) is 6. The predicted molar refractivity (Wildman–Crippen MR) is 95.3 cm³/mol. The predicted octanol–water partition coefficient (Wildman–Crippen LogP) is 3.79. The van der Waals surface area contributed by atoms with E-state index in [1.54, 1.807) is 0 Å². The van der Waals surface area contributed by atoms with Crippen LogP contribution >= 0.6 is 11.5 Å². The quantitative estimate of drug-likeness (QED) is 0.833. The van der Waals surface area contributed by atoms with E-state index in [-0.39, 0.29) is 11.8 Å². The first-order valence-electron chi connectivity index (χ1n) is 9.27. The average Bonchev–Trinajstić information content (AvgIpc) is 3.30. The van der Waals surface area contributed by atoms with Crippen molar-refractivity contribution in [1.82, 2.24) is 19.6 Å². The van der Waals surface area contributed by atoms with Gasteiger partial charge in [-0.2, -0.15) is 0 Å². The van der Waals surface area contributed by atoms with Crippen LogP contribution in [-0.2, 0) is 4.79 Å². The van der Waals surface area contributed by atoms with Crippen LogP contribution in [0.1, 0.15) is 62.3 Å². The standard InChI is InChI=1S/C18H24N4O2S/c1-12-10-15(24-20-12)17-16(19-21-25-17)14-8-5-9-22(11-14)18(23)13-6-3-2-4-7-13/h10,13-14H,2-9,11H2,1H3. The number of likely N-dealkylation sites (tertiary alicyclic amines) is 1. The average molecular weight is 360 g/mol. The number of aryl methyl sites for hydroxylation is 1. The van der Waals surface area contributed by atoms with Crippen LogP contribution in [0, 0.1) is 12.8 Å². The summed E-state index contributed by atoms with van der Waals surface area (Å²) in [4.78, 5) is 15.9. The molecule has 2 fully saturated rings. The summed E-state index contributed by atoms with van der Waals surface area (Å²) in [5.41, 5.74) is 1.81. The molecule has 0 bridgehead atoms. The Morgan fingerprint density at radius 2 is 2.08 bits per heavy atom. The van der Waals surface area contributed by atoms with Crippen LogP contribution in [-0.4, -0.2) is 38.6 Å². The second-order valence-corrected chi connectivity index (χ2v) is 8.03. The van der Waals surface area contributed by atoms with Gasteiger partial charge in [0.1, 0.15) is 4.88 Å². The Labute approximate surface area is 151 Å². The van der Waals surface area contributed by atoms with Gasteiger partial charge in [-0.15, -0.1) is 5.10 Å². The molecule has 0 radical (unpaired) electrons. The Bertz CT molecular complexity index is 735. The van der Waals surface area contributed by atoms with Gasteiger partial charge in [0.2, 0.25) is 5.91 Å². The maximum atomic E-state index is 12.9. The van der Waals surface area contributed by atoms with Crippen LogP contribution < -0.4 is 0 Å². The van der Waals surface area contributed by atoms with Crippen molar-refractivity contribution in [2.75, 3.05) is 13.1 Å². The number of rotatable bonds is 3. The lowest BCUT2D eigenvalue weighted by molar-refractivity contribution is -0.137. The molecule has 7 heteroatoms. The molecule has 1 amide bonds. The summed E-state index contributed by atoms with van der Waals surface area (Å²) in [6, 6.07) is 1.92. The molecule has 0 N–H and O–H groups in total. The van der Waals surface area contributed by atoms with Crippen LogP contribution in [0.4, 0.5) is 0 Å². The van der Waals surface area contributed by atoms with Gasteiger partial charge < -0.3 is 9.42 Å². The fourth-order valence-corrected chi connectivity index (χ4v) is 4.81. The lowest BCUT2D eigenvalue weighted by Gasteiger charge is -2.35. The molecule has 0 aromatic carbocycles. The smallest absolute Gasteiger partial charge is 0.225 e. The number of aromatic nitrogens is 3. The Balaban J connectivity index is 1.50. The normalized spacial score (nSPS) is 22.3. The van der Waals surface area contributed by atoms with Gasteiger partial charge in [0.05, 0.1) is 11.4 Å². The van der Waals surface area contributed by atoms with E-state index >= 15 is 0 Å². The van der Waals surface area contributed by atoms with Gasteiger partial charge in [0, 0.05) is 31.0 Å². The van der Waals surface area contributed by atoms with E-state index in [4.69, 9.17) is 4.52 Å². The Hall–Kier alpha value is -1.76. The van der Waals surface area contributed by atoms with E-state index in [1.165, 1.54) is 30.8 Å². The summed E-state index contributed by atoms with van der Waals surface area (Å²) >= 11 is 1.35. The molecule has 1 unspecified atom stereocenters. The molecular weight excluding hydrogens is 336 g/mol. The molecule has 1 saturated carbocycles. The van der Waals surface area contributed by atoms with Crippen LogP contribution in [0.2, 0.25) is 0 Å². The third kappa shape index (κ3) is 3.47. The largest absolute Gasteiger partial charge is 0.355 e. The summed E-state index contributed by atoms with van der Waals surface area (Å²) in [7, 11) is 0. The van der Waals surface area contributed by atoms with E-state index in [2.05, 4.69) is 19.6 Å². The number of carbonyl (C=O) groups excluding carboxylic acids is 1. The molecule has 1 aliphatic carbocycles. The van der Waals surface area contributed by atoms with Gasteiger partial charge in [-0.25, -0.2) is 0 Å². The first kappa shape index (κ1) is 16.7. The fourth-order valence-electron chi connectivity index (χ4n) is 4.11. The molecule has 25 heavy (non-hydrogen) atoms. The van der Waals surface area contributed by atoms with Crippen molar-refractivity contribution in [1.29, 1.82) is 0 Å². The van der Waals surface area contributed by atoms with Crippen molar-refractivity contribution >= 4 is 17.4 Å². The first-order chi connectivity index (χ1) is 12.2. The van der Waals surface area contributed by atoms with Crippen LogP contribution in [0.15, 0.2) is 10.6 Å². The van der Waals surface area contributed by atoms with Crippen molar-refractivity contribution in [2.45, 2.75) is 57.8 Å². The Morgan fingerprint density at radius 1 is 1.24 bits per heavy atom. The van der Waals surface area contributed by atoms with Gasteiger partial charge in [-0.1, -0.05) is 28.9 Å². The zero-order valence-electron chi connectivity index (χ0n) is 14.6. The van der Waals surface area contributed by atoms with Crippen molar-refractivity contribution in [3.05, 3.63) is 17.5 Å². The topological polar surface area (TPSA) is 72.1 Å². The molecule has 134 valence electrons. The first-order valence-corrected chi connectivity index (χ1v) is 10.0. The highest BCUT2D eigenvalue weighted by molar-refractivity contribution is 7.09. The molecule has 2 aromatic heterocycles. The molecule has 2 aliphatic rings. The van der Waals surface area contributed by atoms with Crippen molar-refractivity contribution in [3.8, 4) is 10.6 Å². The third-order valence-electron chi connectivity index (χ3n) is 5.44. The Morgan fingerprint density at radius 3 is 2.84 bits per heavy atom. The van der Waals surface area contributed by atoms with E-state index in [0.717, 1.165) is 60.8 Å². The zero-order chi connectivity index (χ0) is 17.2. The van der Waals surface area contributed by atoms with Gasteiger partial charge in [-0.05, 0) is 44.1 Å². The fraction of sp³-hybridized carbons (Fsp3) is 0.667. The van der Waals surface area contributed by atoms with Gasteiger partial charge in [0.15, 0.2) is 5.76 Å². The molecule has 2 aromatic rings. The Kier molecular flexibility index (Phi) is 4.83. The number of piperidine rings is 1. The van der Waals surface area contributed by atoms with E-state index < -0.39 is 0 Å². The minimum Gasteiger partial charge on any atom is -0.355 e. The number of amides is 1. The van der Waals surface area contributed by atoms with E-state index in [9.17, 15) is 4.79 Å². The summed E-state index contributed by atoms with van der Waals surface area (Å²) in [5.74, 6) is 1.56. The summed E-state index contributed by atoms with van der Waals surface area (Å²) < 4.78 is 9.55. The molecule has 4 rings (SSSR count). The minimum absolute atomic E-state index is 0.234. The summed E-state index contributed by atoms with van der Waals surface area (Å²) in [6.07, 6.45) is 7.84. The number of hydrogen-bond donors (Lipinski definition) is 0. The maximum absolute atomic E-state index is 12.9. The van der Waals surface area contributed by atoms with Crippen LogP contribution in [0.3, 0.4) is 0 Å². The summed E-state index contributed by atoms with van der Waals surface area (Å²) in [6.45, 7) is 3.54. The van der Waals surface area contributed by atoms with Crippen LogP contribution in [0.5, 0.6) is 0 Å². The van der Waals surface area contributed by atoms with Crippen molar-refractivity contribution in [3.63, 3.8) is 0 Å². The van der Waals surface area contributed by atoms with Crippen LogP contribution in [0.25, 0.3) is 10.6 Å². The maximum Gasteiger partial charge on any atom is 0.225 e. The molecule has 0 spiro atoms. The molecule has 1 aliphatic heterocycles. The molecule has 1 atom stereocenters. The molecular formula is C18H24N4O2S. The molecule has 6 nitrogen and oxygen atoms in total. The highest BCUT2D eigenvalue weighted by atomic mass is 32.1. The highest BCUT2D eigenvalue weighted by Crippen LogP contribution is 2.36. The lowest BCUT2D eigenvalue weighted by atomic mass is 9.86. The lowest BCUT2D eigenvalue weighted by Crippen LogP contribution is -2.43. The van der Waals surface area contributed by atoms with Crippen molar-refractivity contribution in [2.24, 2.45) is 5.92 Å². The number of carbonyl (C=O) groups is 1. The molecule has 1 saturated heterocycles. The van der Waals surface area contributed by atoms with E-state index in [0.29, 0.717) is 5.91 Å².